The lowest BCUT2D eigenvalue weighted by molar-refractivity contribution is -0.133. The quantitative estimate of drug-likeness (QED) is 0.713. The van der Waals surface area contributed by atoms with Crippen LogP contribution >= 0.6 is 0 Å². The highest BCUT2D eigenvalue weighted by Gasteiger charge is 2.24. The number of carbonyl (C=O) groups excluding carboxylic acids is 2. The molecule has 1 unspecified atom stereocenters. The molecule has 0 spiro atoms. The number of para-hydroxylation sites is 2. The monoisotopic (exact) mass is 380 g/mol. The van der Waals surface area contributed by atoms with Crippen molar-refractivity contribution in [2.75, 3.05) is 19.6 Å². The Hall–Kier alpha value is -3.09. The first-order valence-electron chi connectivity index (χ1n) is 9.69. The van der Waals surface area contributed by atoms with Gasteiger partial charge in [0.1, 0.15) is 6.26 Å². The average molecular weight is 380 g/mol. The number of hydrogen-bond donors (Lipinski definition) is 1. The Morgan fingerprint density at radius 3 is 3.00 bits per heavy atom. The molecule has 7 nitrogen and oxygen atoms in total. The fourth-order valence-corrected chi connectivity index (χ4v) is 3.75. The summed E-state index contributed by atoms with van der Waals surface area (Å²) < 4.78 is 6.97. The van der Waals surface area contributed by atoms with Gasteiger partial charge in [-0.05, 0) is 37.0 Å². The second kappa shape index (κ2) is 8.29. The lowest BCUT2D eigenvalue weighted by Crippen LogP contribution is -2.43. The number of carbonyl (C=O) groups is 2. The molecule has 0 bridgehead atoms. The minimum Gasteiger partial charge on any atom is -0.472 e. The second-order valence-electron chi connectivity index (χ2n) is 7.25. The van der Waals surface area contributed by atoms with Crippen molar-refractivity contribution in [3.63, 3.8) is 0 Å². The van der Waals surface area contributed by atoms with E-state index in [1.807, 2.05) is 33.7 Å². The van der Waals surface area contributed by atoms with Gasteiger partial charge >= 0.3 is 0 Å². The minimum absolute atomic E-state index is 0.135. The maximum absolute atomic E-state index is 12.7. The van der Waals surface area contributed by atoms with Crippen LogP contribution in [0.5, 0.6) is 0 Å². The second-order valence-corrected chi connectivity index (χ2v) is 7.25. The summed E-state index contributed by atoms with van der Waals surface area (Å²) in [5.41, 5.74) is 2.52. The zero-order chi connectivity index (χ0) is 19.3. The van der Waals surface area contributed by atoms with E-state index in [0.29, 0.717) is 31.6 Å². The van der Waals surface area contributed by atoms with Gasteiger partial charge in [-0.3, -0.25) is 9.59 Å². The molecule has 1 N–H and O–H groups in total. The van der Waals surface area contributed by atoms with Crippen LogP contribution in [0.3, 0.4) is 0 Å². The van der Waals surface area contributed by atoms with Gasteiger partial charge in [0.05, 0.1) is 29.2 Å². The zero-order valence-corrected chi connectivity index (χ0v) is 15.7. The van der Waals surface area contributed by atoms with E-state index < -0.39 is 0 Å². The minimum atomic E-state index is -0.135. The molecular weight excluding hydrogens is 356 g/mol. The number of benzene rings is 1. The van der Waals surface area contributed by atoms with Gasteiger partial charge in [-0.25, -0.2) is 4.98 Å². The van der Waals surface area contributed by atoms with Crippen LogP contribution in [0.4, 0.5) is 0 Å². The number of imidazole rings is 1. The number of furan rings is 1. The van der Waals surface area contributed by atoms with E-state index in [1.54, 1.807) is 12.4 Å². The van der Waals surface area contributed by atoms with Crippen molar-refractivity contribution < 1.29 is 14.0 Å². The van der Waals surface area contributed by atoms with Crippen molar-refractivity contribution in [1.29, 1.82) is 0 Å². The van der Waals surface area contributed by atoms with Crippen molar-refractivity contribution in [2.45, 2.75) is 25.8 Å². The maximum Gasteiger partial charge on any atom is 0.254 e. The molecule has 1 fully saturated rings. The highest BCUT2D eigenvalue weighted by molar-refractivity contribution is 5.93. The first-order chi connectivity index (χ1) is 13.7. The first kappa shape index (κ1) is 18.3. The molecule has 146 valence electrons. The van der Waals surface area contributed by atoms with Crippen LogP contribution in [0, 0.1) is 5.92 Å². The summed E-state index contributed by atoms with van der Waals surface area (Å²) in [5, 5.41) is 2.94. The van der Waals surface area contributed by atoms with Crippen molar-refractivity contribution >= 4 is 22.8 Å². The maximum atomic E-state index is 12.7. The van der Waals surface area contributed by atoms with Gasteiger partial charge in [0.25, 0.3) is 5.91 Å². The van der Waals surface area contributed by atoms with Gasteiger partial charge in [-0.2, -0.15) is 0 Å². The number of piperidine rings is 1. The van der Waals surface area contributed by atoms with E-state index in [-0.39, 0.29) is 17.7 Å². The molecule has 1 aliphatic heterocycles. The SMILES string of the molecule is O=C(NCC1CCCN(C(=O)CCn2cnc3ccccc32)C1)c1ccoc1. The molecule has 4 rings (SSSR count). The molecule has 3 heterocycles. The van der Waals surface area contributed by atoms with Crippen LogP contribution < -0.4 is 5.32 Å². The largest absolute Gasteiger partial charge is 0.472 e. The van der Waals surface area contributed by atoms with Gasteiger partial charge < -0.3 is 19.2 Å². The van der Waals surface area contributed by atoms with Gasteiger partial charge in [0, 0.05) is 32.6 Å². The molecule has 1 atom stereocenters. The van der Waals surface area contributed by atoms with Gasteiger partial charge in [0.2, 0.25) is 5.91 Å². The van der Waals surface area contributed by atoms with Crippen molar-refractivity contribution in [3.05, 3.63) is 54.7 Å². The van der Waals surface area contributed by atoms with Crippen LogP contribution in [0.1, 0.15) is 29.6 Å². The molecule has 2 aromatic heterocycles. The van der Waals surface area contributed by atoms with Crippen LogP contribution in [-0.4, -0.2) is 45.9 Å². The Morgan fingerprint density at radius 1 is 1.25 bits per heavy atom. The third-order valence-corrected chi connectivity index (χ3v) is 5.30. The third kappa shape index (κ3) is 4.08. The van der Waals surface area contributed by atoms with E-state index in [2.05, 4.69) is 10.3 Å². The summed E-state index contributed by atoms with van der Waals surface area (Å²) in [6, 6.07) is 9.58. The normalized spacial score (nSPS) is 17.0. The van der Waals surface area contributed by atoms with Crippen LogP contribution in [-0.2, 0) is 11.3 Å². The Kier molecular flexibility index (Phi) is 5.41. The van der Waals surface area contributed by atoms with Crippen molar-refractivity contribution in [3.8, 4) is 0 Å². The molecule has 28 heavy (non-hydrogen) atoms. The van der Waals surface area contributed by atoms with Gasteiger partial charge in [-0.15, -0.1) is 0 Å². The molecule has 1 aliphatic rings. The van der Waals surface area contributed by atoms with E-state index in [1.165, 1.54) is 12.5 Å². The highest BCUT2D eigenvalue weighted by Crippen LogP contribution is 2.18. The molecule has 1 aromatic carbocycles. The van der Waals surface area contributed by atoms with Gasteiger partial charge in [-0.1, -0.05) is 12.1 Å². The summed E-state index contributed by atoms with van der Waals surface area (Å²) >= 11 is 0. The lowest BCUT2D eigenvalue weighted by Gasteiger charge is -2.33. The summed E-state index contributed by atoms with van der Waals surface area (Å²) in [6.45, 7) is 2.67. The Balaban J connectivity index is 1.27. The van der Waals surface area contributed by atoms with Crippen molar-refractivity contribution in [2.24, 2.45) is 5.92 Å². The van der Waals surface area contributed by atoms with E-state index in [4.69, 9.17) is 4.42 Å². The number of nitrogens with one attached hydrogen (secondary N) is 1. The Bertz CT molecular complexity index is 948. The Labute approximate surface area is 163 Å². The summed E-state index contributed by atoms with van der Waals surface area (Å²) in [5.74, 6) is 0.301. The zero-order valence-electron chi connectivity index (χ0n) is 15.7. The van der Waals surface area contributed by atoms with Gasteiger partial charge in [0.15, 0.2) is 0 Å². The molecule has 7 heteroatoms. The standard InChI is InChI=1S/C21H24N4O3/c26-20(7-10-25-15-23-18-5-1-2-6-19(18)25)24-9-3-4-16(13-24)12-22-21(27)17-8-11-28-14-17/h1-2,5-6,8,11,14-16H,3-4,7,9-10,12-13H2,(H,22,27). The number of fused-ring (bicyclic) bond motifs is 1. The molecule has 2 amide bonds. The molecular formula is C21H24N4O3. The van der Waals surface area contributed by atoms with Crippen molar-refractivity contribution in [1.82, 2.24) is 19.8 Å². The summed E-state index contributed by atoms with van der Waals surface area (Å²) in [4.78, 5) is 31.0. The number of aromatic nitrogens is 2. The predicted octanol–water partition coefficient (Wildman–Crippen LogP) is 2.69. The first-order valence-corrected chi connectivity index (χ1v) is 9.69. The number of likely N-dealkylation sites (tertiary alicyclic amines) is 1. The van der Waals surface area contributed by atoms with Crippen LogP contribution in [0.2, 0.25) is 0 Å². The average Bonchev–Trinajstić information content (AvgIpc) is 3.41. The van der Waals surface area contributed by atoms with E-state index in [9.17, 15) is 9.59 Å². The predicted molar refractivity (Wildman–Crippen MR) is 105 cm³/mol. The smallest absolute Gasteiger partial charge is 0.254 e. The number of aryl methyl sites for hydroxylation is 1. The van der Waals surface area contributed by atoms with Crippen LogP contribution in [0.25, 0.3) is 11.0 Å². The molecule has 3 aromatic rings. The molecule has 0 radical (unpaired) electrons. The fourth-order valence-electron chi connectivity index (χ4n) is 3.75. The lowest BCUT2D eigenvalue weighted by atomic mass is 9.97. The fraction of sp³-hybridized carbons (Fsp3) is 0.381. The molecule has 0 saturated carbocycles. The molecule has 0 aliphatic carbocycles. The van der Waals surface area contributed by atoms with E-state index in [0.717, 1.165) is 30.4 Å². The van der Waals surface area contributed by atoms with Crippen LogP contribution in [0.15, 0.2) is 53.6 Å². The topological polar surface area (TPSA) is 80.4 Å². The van der Waals surface area contributed by atoms with E-state index >= 15 is 0 Å². The summed E-state index contributed by atoms with van der Waals surface area (Å²) in [7, 11) is 0. The molecule has 1 saturated heterocycles. The number of rotatable bonds is 6. The third-order valence-electron chi connectivity index (χ3n) is 5.30. The number of hydrogen-bond acceptors (Lipinski definition) is 4. The number of amides is 2. The highest BCUT2D eigenvalue weighted by atomic mass is 16.3. The Morgan fingerprint density at radius 2 is 2.14 bits per heavy atom. The number of nitrogens with zero attached hydrogens (tertiary/aromatic N) is 3. The summed E-state index contributed by atoms with van der Waals surface area (Å²) in [6.07, 6.45) is 7.15.